The van der Waals surface area contributed by atoms with Gasteiger partial charge in [-0.25, -0.2) is 0 Å². The van der Waals surface area contributed by atoms with Gasteiger partial charge in [-0.05, 0) is 55.3 Å². The first-order valence-corrected chi connectivity index (χ1v) is 11.0. The molecule has 0 aliphatic heterocycles. The molecular weight excluding hydrogens is 422 g/mol. The summed E-state index contributed by atoms with van der Waals surface area (Å²) >= 11 is 5.19. The third-order valence-electron chi connectivity index (χ3n) is 4.19. The van der Waals surface area contributed by atoms with Gasteiger partial charge in [0.15, 0.2) is 11.0 Å². The van der Waals surface area contributed by atoms with Crippen LogP contribution in [0.2, 0.25) is 0 Å². The Balaban J connectivity index is 1.70. The van der Waals surface area contributed by atoms with Crippen LogP contribution in [0.4, 0.5) is 0 Å². The molecule has 1 heterocycles. The van der Waals surface area contributed by atoms with Crippen molar-refractivity contribution in [2.24, 2.45) is 0 Å². The molecule has 0 saturated carbocycles. The van der Waals surface area contributed by atoms with Crippen molar-refractivity contribution in [3.8, 4) is 17.1 Å². The summed E-state index contributed by atoms with van der Waals surface area (Å²) < 4.78 is 9.00. The van der Waals surface area contributed by atoms with Crippen molar-refractivity contribution in [1.82, 2.24) is 14.8 Å². The fourth-order valence-electron chi connectivity index (χ4n) is 2.66. The number of hydrogen-bond acceptors (Lipinski definition) is 4. The van der Waals surface area contributed by atoms with Crippen LogP contribution in [0.3, 0.4) is 0 Å². The average molecular weight is 446 g/mol. The number of nitrogens with zero attached hydrogens (tertiary/aromatic N) is 3. The van der Waals surface area contributed by atoms with E-state index in [1.807, 2.05) is 12.1 Å². The highest BCUT2D eigenvalue weighted by Gasteiger charge is 2.13. The molecule has 0 radical (unpaired) electrons. The van der Waals surface area contributed by atoms with Crippen LogP contribution in [0.15, 0.2) is 58.2 Å². The van der Waals surface area contributed by atoms with Crippen LogP contribution in [0.25, 0.3) is 11.4 Å². The molecule has 0 saturated heterocycles. The van der Waals surface area contributed by atoms with Crippen LogP contribution >= 0.6 is 27.7 Å². The van der Waals surface area contributed by atoms with Gasteiger partial charge in [0.05, 0.1) is 6.61 Å². The second-order valence-electron chi connectivity index (χ2n) is 6.19. The highest BCUT2D eigenvalue weighted by atomic mass is 79.9. The standard InChI is InChI=1S/C21H24BrN3OS/c1-3-5-14-26-19-12-8-17(9-13-19)20-23-24-21(25(20)4-2)27-15-16-6-10-18(22)11-7-16/h6-13H,3-5,14-15H2,1-2H3. The third kappa shape index (κ3) is 5.36. The molecule has 1 aromatic heterocycles. The minimum absolute atomic E-state index is 0.762. The van der Waals surface area contributed by atoms with Gasteiger partial charge < -0.3 is 9.30 Å². The molecular formula is C21H24BrN3OS. The van der Waals surface area contributed by atoms with Crippen molar-refractivity contribution in [3.63, 3.8) is 0 Å². The number of benzene rings is 2. The maximum Gasteiger partial charge on any atom is 0.191 e. The molecule has 27 heavy (non-hydrogen) atoms. The van der Waals surface area contributed by atoms with E-state index in [4.69, 9.17) is 4.74 Å². The summed E-state index contributed by atoms with van der Waals surface area (Å²) in [5, 5.41) is 9.79. The zero-order chi connectivity index (χ0) is 19.1. The number of thioether (sulfide) groups is 1. The van der Waals surface area contributed by atoms with Crippen molar-refractivity contribution in [1.29, 1.82) is 0 Å². The van der Waals surface area contributed by atoms with Crippen LogP contribution in [0.5, 0.6) is 5.75 Å². The normalized spacial score (nSPS) is 10.9. The smallest absolute Gasteiger partial charge is 0.191 e. The quantitative estimate of drug-likeness (QED) is 0.290. The Morgan fingerprint density at radius 2 is 1.74 bits per heavy atom. The van der Waals surface area contributed by atoms with Crippen LogP contribution in [0.1, 0.15) is 32.3 Å². The minimum Gasteiger partial charge on any atom is -0.494 e. The fourth-order valence-corrected chi connectivity index (χ4v) is 3.88. The van der Waals surface area contributed by atoms with E-state index in [9.17, 15) is 0 Å². The first kappa shape index (κ1) is 20.0. The van der Waals surface area contributed by atoms with Gasteiger partial charge in [0.2, 0.25) is 0 Å². The molecule has 3 aromatic rings. The van der Waals surface area contributed by atoms with E-state index < -0.39 is 0 Å². The maximum absolute atomic E-state index is 5.74. The van der Waals surface area contributed by atoms with Gasteiger partial charge in [-0.1, -0.05) is 53.2 Å². The molecule has 0 aliphatic rings. The van der Waals surface area contributed by atoms with Gasteiger partial charge in [-0.3, -0.25) is 0 Å². The number of ether oxygens (including phenoxy) is 1. The molecule has 0 atom stereocenters. The lowest BCUT2D eigenvalue weighted by Gasteiger charge is -2.09. The van der Waals surface area contributed by atoms with E-state index >= 15 is 0 Å². The Morgan fingerprint density at radius 1 is 1.00 bits per heavy atom. The van der Waals surface area contributed by atoms with Crippen LogP contribution in [-0.4, -0.2) is 21.4 Å². The Labute approximate surface area is 173 Å². The van der Waals surface area contributed by atoms with Crippen molar-refractivity contribution < 1.29 is 4.74 Å². The average Bonchev–Trinajstić information content (AvgIpc) is 3.11. The minimum atomic E-state index is 0.762. The van der Waals surface area contributed by atoms with Gasteiger partial charge >= 0.3 is 0 Å². The summed E-state index contributed by atoms with van der Waals surface area (Å²) in [6, 6.07) is 16.5. The highest BCUT2D eigenvalue weighted by molar-refractivity contribution is 9.10. The van der Waals surface area contributed by atoms with Gasteiger partial charge in [-0.2, -0.15) is 0 Å². The lowest BCUT2D eigenvalue weighted by Crippen LogP contribution is -2.00. The molecule has 2 aromatic carbocycles. The summed E-state index contributed by atoms with van der Waals surface area (Å²) in [7, 11) is 0. The molecule has 0 aliphatic carbocycles. The largest absolute Gasteiger partial charge is 0.494 e. The Bertz CT molecular complexity index is 847. The van der Waals surface area contributed by atoms with Crippen LogP contribution in [-0.2, 0) is 12.3 Å². The fraction of sp³-hybridized carbons (Fsp3) is 0.333. The van der Waals surface area contributed by atoms with E-state index in [0.717, 1.165) is 58.5 Å². The molecule has 0 fully saturated rings. The summed E-state index contributed by atoms with van der Waals surface area (Å²) in [5.74, 6) is 2.67. The topological polar surface area (TPSA) is 39.9 Å². The maximum atomic E-state index is 5.74. The SMILES string of the molecule is CCCCOc1ccc(-c2nnc(SCc3ccc(Br)cc3)n2CC)cc1. The van der Waals surface area contributed by atoms with Crippen LogP contribution < -0.4 is 4.74 Å². The molecule has 0 bridgehead atoms. The predicted octanol–water partition coefficient (Wildman–Crippen LogP) is 6.20. The first-order chi connectivity index (χ1) is 13.2. The number of aromatic nitrogens is 3. The molecule has 0 spiro atoms. The molecule has 0 amide bonds. The van der Waals surface area contributed by atoms with Gasteiger partial charge in [0.25, 0.3) is 0 Å². The molecule has 4 nitrogen and oxygen atoms in total. The van der Waals surface area contributed by atoms with E-state index in [-0.39, 0.29) is 0 Å². The zero-order valence-corrected chi connectivity index (χ0v) is 18.1. The Hall–Kier alpha value is -1.79. The summed E-state index contributed by atoms with van der Waals surface area (Å²) in [6.45, 7) is 5.88. The highest BCUT2D eigenvalue weighted by Crippen LogP contribution is 2.27. The molecule has 0 unspecified atom stereocenters. The summed E-state index contributed by atoms with van der Waals surface area (Å²) in [6.07, 6.45) is 2.21. The van der Waals surface area contributed by atoms with Gasteiger partial charge in [0, 0.05) is 22.3 Å². The zero-order valence-electron chi connectivity index (χ0n) is 15.7. The molecule has 6 heteroatoms. The van der Waals surface area contributed by atoms with E-state index in [1.54, 1.807) is 11.8 Å². The number of halogens is 1. The van der Waals surface area contributed by atoms with Crippen molar-refractivity contribution in [2.75, 3.05) is 6.61 Å². The second kappa shape index (κ2) is 9.95. The van der Waals surface area contributed by atoms with Gasteiger partial charge in [0.1, 0.15) is 5.75 Å². The predicted molar refractivity (Wildman–Crippen MR) is 115 cm³/mol. The Morgan fingerprint density at radius 3 is 2.41 bits per heavy atom. The number of unbranched alkanes of at least 4 members (excludes halogenated alkanes) is 1. The summed E-state index contributed by atoms with van der Waals surface area (Å²) in [5.41, 5.74) is 2.33. The number of hydrogen-bond donors (Lipinski definition) is 0. The Kier molecular flexibility index (Phi) is 7.35. The summed E-state index contributed by atoms with van der Waals surface area (Å²) in [4.78, 5) is 0. The van der Waals surface area contributed by atoms with Crippen molar-refractivity contribution in [3.05, 3.63) is 58.6 Å². The lowest BCUT2D eigenvalue weighted by molar-refractivity contribution is 0.309. The molecule has 142 valence electrons. The van der Waals surface area contributed by atoms with E-state index in [0.29, 0.717) is 0 Å². The van der Waals surface area contributed by atoms with Crippen molar-refractivity contribution in [2.45, 2.75) is 44.1 Å². The second-order valence-corrected chi connectivity index (χ2v) is 8.05. The van der Waals surface area contributed by atoms with E-state index in [2.05, 4.69) is 80.9 Å². The van der Waals surface area contributed by atoms with E-state index in [1.165, 1.54) is 5.56 Å². The molecule has 3 rings (SSSR count). The first-order valence-electron chi connectivity index (χ1n) is 9.25. The third-order valence-corrected chi connectivity index (χ3v) is 5.76. The lowest BCUT2D eigenvalue weighted by atomic mass is 10.2. The van der Waals surface area contributed by atoms with Crippen LogP contribution in [0, 0.1) is 0 Å². The molecule has 0 N–H and O–H groups in total. The van der Waals surface area contributed by atoms with Gasteiger partial charge in [-0.15, -0.1) is 10.2 Å². The monoisotopic (exact) mass is 445 g/mol. The van der Waals surface area contributed by atoms with Crippen molar-refractivity contribution >= 4 is 27.7 Å². The number of rotatable bonds is 9.